The number of hydrogen-bond donors (Lipinski definition) is 3. The Morgan fingerprint density at radius 3 is 2.94 bits per heavy atom. The zero-order valence-corrected chi connectivity index (χ0v) is 9.82. The van der Waals surface area contributed by atoms with Crippen LogP contribution >= 0.6 is 0 Å². The normalized spacial score (nSPS) is 24.3. The molecule has 3 N–H and O–H groups in total. The molecule has 0 bridgehead atoms. The summed E-state index contributed by atoms with van der Waals surface area (Å²) in [5, 5.41) is 6.32. The van der Waals surface area contributed by atoms with Crippen molar-refractivity contribution in [2.24, 2.45) is 0 Å². The number of H-pyrrole nitrogens is 1. The van der Waals surface area contributed by atoms with Crippen molar-refractivity contribution in [3.05, 3.63) is 34.2 Å². The summed E-state index contributed by atoms with van der Waals surface area (Å²) >= 11 is 0. The molecule has 1 saturated heterocycles. The molecular weight excluding hydrogens is 218 g/mol. The summed E-state index contributed by atoms with van der Waals surface area (Å²) in [5.74, 6) is -0.125. The van der Waals surface area contributed by atoms with Gasteiger partial charge in [-0.2, -0.15) is 0 Å². The Labute approximate surface area is 99.6 Å². The number of pyridine rings is 1. The molecule has 0 aromatic carbocycles. The van der Waals surface area contributed by atoms with Crippen LogP contribution in [0.2, 0.25) is 0 Å². The van der Waals surface area contributed by atoms with Gasteiger partial charge in [0, 0.05) is 24.3 Å². The lowest BCUT2D eigenvalue weighted by Crippen LogP contribution is -2.46. The molecule has 1 amide bonds. The van der Waals surface area contributed by atoms with E-state index in [9.17, 15) is 9.59 Å². The number of amides is 1. The highest BCUT2D eigenvalue weighted by Gasteiger charge is 2.20. The third-order valence-electron chi connectivity index (χ3n) is 3.01. The maximum atomic E-state index is 11.9. The van der Waals surface area contributed by atoms with E-state index in [1.165, 1.54) is 12.3 Å². The fraction of sp³-hybridized carbons (Fsp3) is 0.500. The minimum atomic E-state index is -0.197. The van der Waals surface area contributed by atoms with Crippen molar-refractivity contribution in [2.45, 2.75) is 31.8 Å². The average Bonchev–Trinajstić information content (AvgIpc) is 2.29. The van der Waals surface area contributed by atoms with E-state index in [-0.39, 0.29) is 17.5 Å². The van der Waals surface area contributed by atoms with Crippen LogP contribution in [0.25, 0.3) is 0 Å². The second-order valence-corrected chi connectivity index (χ2v) is 4.49. The molecule has 1 aromatic rings. The number of carbonyl (C=O) groups excluding carboxylic acids is 1. The zero-order valence-electron chi connectivity index (χ0n) is 9.82. The van der Waals surface area contributed by atoms with E-state index in [1.807, 2.05) is 0 Å². The SMILES string of the molecule is CC1CC(NC(=O)c2ccc(=O)[nH]c2)CCN1. The highest BCUT2D eigenvalue weighted by atomic mass is 16.2. The molecule has 17 heavy (non-hydrogen) atoms. The molecule has 2 unspecified atom stereocenters. The first kappa shape index (κ1) is 11.9. The van der Waals surface area contributed by atoms with Gasteiger partial charge in [-0.3, -0.25) is 9.59 Å². The predicted octanol–water partition coefficient (Wildman–Crippen LogP) is 0.245. The number of aromatic nitrogens is 1. The zero-order chi connectivity index (χ0) is 12.3. The topological polar surface area (TPSA) is 74.0 Å². The van der Waals surface area contributed by atoms with Crippen molar-refractivity contribution >= 4 is 5.91 Å². The largest absolute Gasteiger partial charge is 0.349 e. The molecule has 1 aliphatic rings. The van der Waals surface area contributed by atoms with Gasteiger partial charge in [-0.1, -0.05) is 0 Å². The van der Waals surface area contributed by atoms with Crippen LogP contribution in [0, 0.1) is 0 Å². The summed E-state index contributed by atoms with van der Waals surface area (Å²) in [5.41, 5.74) is 0.299. The molecule has 0 aliphatic carbocycles. The number of carbonyl (C=O) groups is 1. The van der Waals surface area contributed by atoms with Gasteiger partial charge in [-0.15, -0.1) is 0 Å². The average molecular weight is 235 g/mol. The molecule has 1 aliphatic heterocycles. The minimum Gasteiger partial charge on any atom is -0.349 e. The lowest BCUT2D eigenvalue weighted by Gasteiger charge is -2.28. The van der Waals surface area contributed by atoms with Crippen molar-refractivity contribution in [3.8, 4) is 0 Å². The first-order chi connectivity index (χ1) is 8.15. The van der Waals surface area contributed by atoms with Gasteiger partial charge in [0.1, 0.15) is 0 Å². The summed E-state index contributed by atoms with van der Waals surface area (Å²) in [6, 6.07) is 3.55. The Kier molecular flexibility index (Phi) is 3.58. The Balaban J connectivity index is 1.96. The summed E-state index contributed by atoms with van der Waals surface area (Å²) in [7, 11) is 0. The molecule has 92 valence electrons. The fourth-order valence-corrected chi connectivity index (χ4v) is 2.08. The van der Waals surface area contributed by atoms with Gasteiger partial charge < -0.3 is 15.6 Å². The molecule has 5 nitrogen and oxygen atoms in total. The van der Waals surface area contributed by atoms with Gasteiger partial charge >= 0.3 is 0 Å². The number of nitrogens with one attached hydrogen (secondary N) is 3. The van der Waals surface area contributed by atoms with Gasteiger partial charge in [0.25, 0.3) is 5.91 Å². The van der Waals surface area contributed by atoms with Crippen molar-refractivity contribution in [1.29, 1.82) is 0 Å². The van der Waals surface area contributed by atoms with Crippen LogP contribution in [-0.2, 0) is 0 Å². The molecule has 2 atom stereocenters. The van der Waals surface area contributed by atoms with Crippen LogP contribution in [0.4, 0.5) is 0 Å². The van der Waals surface area contributed by atoms with Crippen molar-refractivity contribution in [1.82, 2.24) is 15.6 Å². The van der Waals surface area contributed by atoms with Crippen LogP contribution < -0.4 is 16.2 Å². The van der Waals surface area contributed by atoms with Crippen LogP contribution in [0.3, 0.4) is 0 Å². The maximum absolute atomic E-state index is 11.9. The van der Waals surface area contributed by atoms with Crippen LogP contribution in [0.15, 0.2) is 23.1 Å². The van der Waals surface area contributed by atoms with E-state index in [2.05, 4.69) is 22.5 Å². The third-order valence-corrected chi connectivity index (χ3v) is 3.01. The van der Waals surface area contributed by atoms with Crippen molar-refractivity contribution < 1.29 is 4.79 Å². The standard InChI is InChI=1S/C12H17N3O2/c1-8-6-10(4-5-13-8)15-12(17)9-2-3-11(16)14-7-9/h2-3,7-8,10,13H,4-6H2,1H3,(H,14,16)(H,15,17). The van der Waals surface area contributed by atoms with Crippen LogP contribution in [0.1, 0.15) is 30.1 Å². The van der Waals surface area contributed by atoms with E-state index in [1.54, 1.807) is 6.07 Å². The smallest absolute Gasteiger partial charge is 0.252 e. The Hall–Kier alpha value is -1.62. The third kappa shape index (κ3) is 3.17. The van der Waals surface area contributed by atoms with E-state index in [0.717, 1.165) is 19.4 Å². The Bertz CT molecular complexity index is 435. The van der Waals surface area contributed by atoms with E-state index in [4.69, 9.17) is 0 Å². The van der Waals surface area contributed by atoms with Gasteiger partial charge in [0.05, 0.1) is 5.56 Å². The van der Waals surface area contributed by atoms with Gasteiger partial charge in [-0.25, -0.2) is 0 Å². The molecule has 2 heterocycles. The summed E-state index contributed by atoms with van der Waals surface area (Å²) in [4.78, 5) is 25.3. The quantitative estimate of drug-likeness (QED) is 0.687. The Morgan fingerprint density at radius 1 is 1.47 bits per heavy atom. The van der Waals surface area contributed by atoms with Gasteiger partial charge in [0.15, 0.2) is 0 Å². The van der Waals surface area contributed by atoms with Gasteiger partial charge in [0.2, 0.25) is 5.56 Å². The van der Waals surface area contributed by atoms with Crippen LogP contribution in [0.5, 0.6) is 0 Å². The molecule has 0 saturated carbocycles. The highest BCUT2D eigenvalue weighted by molar-refractivity contribution is 5.93. The Morgan fingerprint density at radius 2 is 2.29 bits per heavy atom. The summed E-state index contributed by atoms with van der Waals surface area (Å²) < 4.78 is 0. The van der Waals surface area contributed by atoms with Crippen LogP contribution in [-0.4, -0.2) is 29.5 Å². The van der Waals surface area contributed by atoms with E-state index < -0.39 is 0 Å². The molecule has 0 spiro atoms. The second-order valence-electron chi connectivity index (χ2n) is 4.49. The van der Waals surface area contributed by atoms with Crippen molar-refractivity contribution in [2.75, 3.05) is 6.54 Å². The van der Waals surface area contributed by atoms with E-state index in [0.29, 0.717) is 11.6 Å². The summed E-state index contributed by atoms with van der Waals surface area (Å²) in [6.45, 7) is 3.04. The molecule has 2 rings (SSSR count). The molecule has 5 heteroatoms. The number of aromatic amines is 1. The molecule has 1 fully saturated rings. The molecule has 0 radical (unpaired) electrons. The lowest BCUT2D eigenvalue weighted by atomic mass is 10.0. The predicted molar refractivity (Wildman–Crippen MR) is 65.0 cm³/mol. The lowest BCUT2D eigenvalue weighted by molar-refractivity contribution is 0.0925. The molecular formula is C12H17N3O2. The first-order valence-electron chi connectivity index (χ1n) is 5.88. The number of piperidine rings is 1. The van der Waals surface area contributed by atoms with E-state index >= 15 is 0 Å². The number of rotatable bonds is 2. The monoisotopic (exact) mass is 235 g/mol. The van der Waals surface area contributed by atoms with Gasteiger partial charge in [-0.05, 0) is 32.4 Å². The minimum absolute atomic E-state index is 0.125. The highest BCUT2D eigenvalue weighted by Crippen LogP contribution is 2.08. The maximum Gasteiger partial charge on any atom is 0.252 e. The number of hydrogen-bond acceptors (Lipinski definition) is 3. The molecule has 1 aromatic heterocycles. The second kappa shape index (κ2) is 5.14. The summed E-state index contributed by atoms with van der Waals surface area (Å²) in [6.07, 6.45) is 3.33. The van der Waals surface area contributed by atoms with Crippen molar-refractivity contribution in [3.63, 3.8) is 0 Å². The fourth-order valence-electron chi connectivity index (χ4n) is 2.08. The first-order valence-corrected chi connectivity index (χ1v) is 5.88.